The Bertz CT molecular complexity index is 400. The van der Waals surface area contributed by atoms with Crippen LogP contribution in [0.25, 0.3) is 0 Å². The van der Waals surface area contributed by atoms with Gasteiger partial charge >= 0.3 is 0 Å². The van der Waals surface area contributed by atoms with Gasteiger partial charge in [0.05, 0.1) is 11.4 Å². The van der Waals surface area contributed by atoms with E-state index in [4.69, 9.17) is 5.73 Å². The summed E-state index contributed by atoms with van der Waals surface area (Å²) in [4.78, 5) is 9.27. The first kappa shape index (κ1) is 14.1. The fraction of sp³-hybridized carbons (Fsp3) is 0.769. The van der Waals surface area contributed by atoms with Crippen LogP contribution < -0.4 is 10.6 Å². The van der Waals surface area contributed by atoms with Crippen LogP contribution >= 0.6 is 0 Å². The first-order valence-corrected chi connectivity index (χ1v) is 7.18. The number of rotatable bonds is 5. The fourth-order valence-corrected chi connectivity index (χ4v) is 2.42. The second-order valence-electron chi connectivity index (χ2n) is 4.83. The van der Waals surface area contributed by atoms with Crippen molar-refractivity contribution < 1.29 is 0 Å². The summed E-state index contributed by atoms with van der Waals surface area (Å²) in [5.74, 6) is 0.779. The smallest absolute Gasteiger partial charge is 0.245 e. The average Bonchev–Trinajstić information content (AvgIpc) is 2.47. The Morgan fingerprint density at radius 2 is 1.68 bits per heavy atom. The molecule has 0 saturated carbocycles. The molecule has 1 aliphatic heterocycles. The van der Waals surface area contributed by atoms with Crippen LogP contribution in [0.2, 0.25) is 0 Å². The van der Waals surface area contributed by atoms with Gasteiger partial charge in [-0.05, 0) is 12.8 Å². The number of piperazine rings is 1. The van der Waals surface area contributed by atoms with E-state index in [9.17, 15) is 0 Å². The number of nitrogens with two attached hydrogens (primary N) is 1. The van der Waals surface area contributed by atoms with Crippen molar-refractivity contribution in [3.63, 3.8) is 0 Å². The molecule has 0 amide bonds. The summed E-state index contributed by atoms with van der Waals surface area (Å²) in [6, 6.07) is 0. The summed E-state index contributed by atoms with van der Waals surface area (Å²) < 4.78 is 0. The van der Waals surface area contributed by atoms with Crippen LogP contribution in [-0.2, 0) is 12.8 Å². The molecule has 6 nitrogen and oxygen atoms in total. The molecule has 1 aromatic rings. The van der Waals surface area contributed by atoms with E-state index >= 15 is 0 Å². The third-order valence-corrected chi connectivity index (χ3v) is 3.60. The van der Waals surface area contributed by atoms with Crippen LogP contribution in [-0.4, -0.2) is 59.3 Å². The van der Waals surface area contributed by atoms with E-state index in [1.807, 2.05) is 0 Å². The highest BCUT2D eigenvalue weighted by Gasteiger charge is 2.19. The monoisotopic (exact) mass is 264 g/mol. The van der Waals surface area contributed by atoms with Crippen LogP contribution in [0.1, 0.15) is 25.2 Å². The highest BCUT2D eigenvalue weighted by molar-refractivity contribution is 5.31. The lowest BCUT2D eigenvalue weighted by Gasteiger charge is -2.34. The molecule has 1 saturated heterocycles. The Kier molecular flexibility index (Phi) is 5.04. The molecule has 0 bridgehead atoms. The van der Waals surface area contributed by atoms with Crippen molar-refractivity contribution in [1.82, 2.24) is 20.1 Å². The van der Waals surface area contributed by atoms with Gasteiger partial charge in [0, 0.05) is 39.3 Å². The minimum atomic E-state index is 0.725. The van der Waals surface area contributed by atoms with Gasteiger partial charge in [-0.2, -0.15) is 5.10 Å². The first-order chi connectivity index (χ1) is 9.28. The zero-order valence-electron chi connectivity index (χ0n) is 12.0. The Balaban J connectivity index is 2.03. The van der Waals surface area contributed by atoms with Gasteiger partial charge in [-0.1, -0.05) is 13.8 Å². The van der Waals surface area contributed by atoms with Gasteiger partial charge in [0.15, 0.2) is 0 Å². The van der Waals surface area contributed by atoms with Crippen molar-refractivity contribution >= 4 is 5.95 Å². The maximum Gasteiger partial charge on any atom is 0.245 e. The molecule has 2 heterocycles. The summed E-state index contributed by atoms with van der Waals surface area (Å²) in [6.07, 6.45) is 1.81. The van der Waals surface area contributed by atoms with Gasteiger partial charge in [0.25, 0.3) is 0 Å². The van der Waals surface area contributed by atoms with E-state index in [1.165, 1.54) is 0 Å². The van der Waals surface area contributed by atoms with Crippen LogP contribution in [0.4, 0.5) is 5.95 Å². The van der Waals surface area contributed by atoms with Crippen molar-refractivity contribution in [3.05, 3.63) is 11.4 Å². The zero-order chi connectivity index (χ0) is 13.7. The summed E-state index contributed by atoms with van der Waals surface area (Å²) in [6.45, 7) is 9.87. The quantitative estimate of drug-likeness (QED) is 0.812. The molecule has 0 spiro atoms. The predicted molar refractivity (Wildman–Crippen MR) is 76.3 cm³/mol. The molecule has 0 atom stereocenters. The van der Waals surface area contributed by atoms with Crippen LogP contribution in [0.3, 0.4) is 0 Å². The van der Waals surface area contributed by atoms with E-state index in [0.29, 0.717) is 0 Å². The number of hydrogen-bond acceptors (Lipinski definition) is 6. The largest absolute Gasteiger partial charge is 0.337 e. The Morgan fingerprint density at radius 3 is 2.26 bits per heavy atom. The lowest BCUT2D eigenvalue weighted by Crippen LogP contribution is -2.48. The van der Waals surface area contributed by atoms with Gasteiger partial charge in [-0.15, -0.1) is 5.10 Å². The standard InChI is InChI=1S/C13H24N6/c1-3-11-12(4-2)16-17-13(15-11)19-9-7-18(6-5-14)8-10-19/h3-10,14H2,1-2H3. The lowest BCUT2D eigenvalue weighted by molar-refractivity contribution is 0.263. The Morgan fingerprint density at radius 1 is 1.00 bits per heavy atom. The molecule has 6 heteroatoms. The van der Waals surface area contributed by atoms with Gasteiger partial charge in [0.2, 0.25) is 5.95 Å². The molecular formula is C13H24N6. The molecular weight excluding hydrogens is 240 g/mol. The number of anilines is 1. The molecule has 0 aromatic carbocycles. The molecule has 1 aromatic heterocycles. The van der Waals surface area contributed by atoms with Gasteiger partial charge < -0.3 is 10.6 Å². The van der Waals surface area contributed by atoms with E-state index in [2.05, 4.69) is 38.8 Å². The second-order valence-corrected chi connectivity index (χ2v) is 4.83. The summed E-state index contributed by atoms with van der Waals surface area (Å²) >= 11 is 0. The maximum atomic E-state index is 5.58. The SMILES string of the molecule is CCc1nnc(N2CCN(CCN)CC2)nc1CC. The fourth-order valence-electron chi connectivity index (χ4n) is 2.42. The highest BCUT2D eigenvalue weighted by atomic mass is 15.4. The lowest BCUT2D eigenvalue weighted by atomic mass is 10.2. The van der Waals surface area contributed by atoms with Crippen LogP contribution in [0.15, 0.2) is 0 Å². The predicted octanol–water partition coefficient (Wildman–Crippen LogP) is 0.0771. The van der Waals surface area contributed by atoms with Crippen molar-refractivity contribution in [2.24, 2.45) is 5.73 Å². The van der Waals surface area contributed by atoms with Crippen molar-refractivity contribution in [2.75, 3.05) is 44.2 Å². The minimum absolute atomic E-state index is 0.725. The number of hydrogen-bond donors (Lipinski definition) is 1. The zero-order valence-corrected chi connectivity index (χ0v) is 12.0. The normalized spacial score (nSPS) is 16.9. The van der Waals surface area contributed by atoms with Crippen molar-refractivity contribution in [3.8, 4) is 0 Å². The van der Waals surface area contributed by atoms with Crippen molar-refractivity contribution in [2.45, 2.75) is 26.7 Å². The molecule has 106 valence electrons. The minimum Gasteiger partial charge on any atom is -0.337 e. The molecule has 0 unspecified atom stereocenters. The topological polar surface area (TPSA) is 71.2 Å². The second kappa shape index (κ2) is 6.77. The molecule has 1 aliphatic rings. The summed E-state index contributed by atoms with van der Waals surface area (Å²) in [7, 11) is 0. The van der Waals surface area contributed by atoms with Gasteiger partial charge in [0.1, 0.15) is 0 Å². The number of aryl methyl sites for hydroxylation is 2. The summed E-state index contributed by atoms with van der Waals surface area (Å²) in [5, 5.41) is 8.59. The average molecular weight is 264 g/mol. The molecule has 0 radical (unpaired) electrons. The van der Waals surface area contributed by atoms with Crippen molar-refractivity contribution in [1.29, 1.82) is 0 Å². The molecule has 1 fully saturated rings. The first-order valence-electron chi connectivity index (χ1n) is 7.18. The summed E-state index contributed by atoms with van der Waals surface area (Å²) in [5.41, 5.74) is 7.69. The number of nitrogens with zero attached hydrogens (tertiary/aromatic N) is 5. The van der Waals surface area contributed by atoms with Gasteiger partial charge in [-0.25, -0.2) is 4.98 Å². The maximum absolute atomic E-state index is 5.58. The molecule has 0 aliphatic carbocycles. The molecule has 2 rings (SSSR count). The van der Waals surface area contributed by atoms with E-state index in [-0.39, 0.29) is 0 Å². The molecule has 19 heavy (non-hydrogen) atoms. The van der Waals surface area contributed by atoms with Crippen LogP contribution in [0.5, 0.6) is 0 Å². The third kappa shape index (κ3) is 3.39. The molecule has 2 N–H and O–H groups in total. The van der Waals surface area contributed by atoms with Gasteiger partial charge in [-0.3, -0.25) is 4.90 Å². The number of aromatic nitrogens is 3. The van der Waals surface area contributed by atoms with Crippen LogP contribution in [0, 0.1) is 0 Å². The van der Waals surface area contributed by atoms with E-state index < -0.39 is 0 Å². The Labute approximate surface area is 115 Å². The third-order valence-electron chi connectivity index (χ3n) is 3.60. The van der Waals surface area contributed by atoms with E-state index in [1.54, 1.807) is 0 Å². The van der Waals surface area contributed by atoms with E-state index in [0.717, 1.165) is 69.4 Å². The highest BCUT2D eigenvalue weighted by Crippen LogP contribution is 2.13. The Hall–Kier alpha value is -1.27.